The maximum absolute atomic E-state index is 9.94. The van der Waals surface area contributed by atoms with Crippen molar-refractivity contribution in [1.82, 2.24) is 14.7 Å². The smallest absolute Gasteiger partial charge is 0.193 e. The molecule has 3 N–H and O–H groups in total. The molecule has 2 fully saturated rings. The minimum Gasteiger partial charge on any atom is -0.470 e. The summed E-state index contributed by atoms with van der Waals surface area (Å²) in [5, 5.41) is 10.5. The summed E-state index contributed by atoms with van der Waals surface area (Å²) in [7, 11) is 0. The van der Waals surface area contributed by atoms with Gasteiger partial charge in [0, 0.05) is 17.7 Å². The van der Waals surface area contributed by atoms with E-state index in [1.165, 1.54) is 11.1 Å². The van der Waals surface area contributed by atoms with Crippen LogP contribution in [0.25, 0.3) is 27.9 Å². The van der Waals surface area contributed by atoms with E-state index in [1.807, 2.05) is 12.1 Å². The normalized spacial score (nSPS) is 28.3. The van der Waals surface area contributed by atoms with Gasteiger partial charge in [0.15, 0.2) is 12.0 Å². The number of halogens is 1. The molecule has 1 aliphatic carbocycles. The van der Waals surface area contributed by atoms with E-state index >= 15 is 0 Å². The minimum atomic E-state index is -0.603. The van der Waals surface area contributed by atoms with Crippen LogP contribution in [0.1, 0.15) is 24.8 Å². The molecule has 2 aromatic heterocycles. The topological polar surface area (TPSA) is 88.6 Å². The van der Waals surface area contributed by atoms with Crippen LogP contribution in [-0.4, -0.2) is 65.0 Å². The number of rotatable bonds is 6. The first kappa shape index (κ1) is 23.3. The zero-order valence-electron chi connectivity index (χ0n) is 19.4. The second-order valence-corrected chi connectivity index (χ2v) is 10.4. The lowest BCUT2D eigenvalue weighted by molar-refractivity contribution is 0.00794. The summed E-state index contributed by atoms with van der Waals surface area (Å²) in [6.07, 6.45) is 6.22. The van der Waals surface area contributed by atoms with Gasteiger partial charge >= 0.3 is 0 Å². The Morgan fingerprint density at radius 1 is 1.14 bits per heavy atom. The van der Waals surface area contributed by atoms with E-state index in [2.05, 4.69) is 46.3 Å². The van der Waals surface area contributed by atoms with E-state index in [-0.39, 0.29) is 24.9 Å². The van der Waals surface area contributed by atoms with Gasteiger partial charge in [0.05, 0.1) is 35.0 Å². The van der Waals surface area contributed by atoms with E-state index in [1.54, 1.807) is 11.9 Å². The number of aromatic nitrogens is 2. The van der Waals surface area contributed by atoms with Crippen LogP contribution in [0.5, 0.6) is 5.88 Å². The van der Waals surface area contributed by atoms with Gasteiger partial charge in [-0.1, -0.05) is 53.9 Å². The molecule has 6 rings (SSSR count). The first-order valence-corrected chi connectivity index (χ1v) is 13.5. The second kappa shape index (κ2) is 9.76. The Morgan fingerprint density at radius 2 is 1.94 bits per heavy atom. The Labute approximate surface area is 213 Å². The summed E-state index contributed by atoms with van der Waals surface area (Å²) in [6, 6.07) is 12.8. The predicted octanol–water partition coefficient (Wildman–Crippen LogP) is 4.59. The number of H-pyrrole nitrogens is 1. The van der Waals surface area contributed by atoms with Crippen LogP contribution in [0.3, 0.4) is 0 Å². The van der Waals surface area contributed by atoms with Crippen LogP contribution in [0.15, 0.2) is 42.5 Å². The number of allylic oxidation sites excluding steroid dienone is 1. The zero-order valence-corrected chi connectivity index (χ0v) is 20.9. The van der Waals surface area contributed by atoms with E-state index in [0.29, 0.717) is 23.6 Å². The summed E-state index contributed by atoms with van der Waals surface area (Å²) in [6.45, 7) is 0.646. The highest BCUT2D eigenvalue weighted by Crippen LogP contribution is 2.35. The van der Waals surface area contributed by atoms with Gasteiger partial charge in [-0.15, -0.1) is 0 Å². The van der Waals surface area contributed by atoms with Crippen molar-refractivity contribution >= 4 is 40.2 Å². The van der Waals surface area contributed by atoms with Crippen LogP contribution in [0, 0.1) is 0 Å². The van der Waals surface area contributed by atoms with Crippen LogP contribution < -0.4 is 9.46 Å². The first-order valence-electron chi connectivity index (χ1n) is 11.9. The van der Waals surface area contributed by atoms with E-state index in [4.69, 9.17) is 30.8 Å². The molecule has 0 saturated carbocycles. The van der Waals surface area contributed by atoms with Crippen LogP contribution in [0.4, 0.5) is 0 Å². The molecule has 2 aliphatic heterocycles. The number of nitrogens with zero attached hydrogens (tertiary/aromatic N) is 1. The number of hydrogen-bond acceptors (Lipinski definition) is 7. The Kier molecular flexibility index (Phi) is 6.51. The third-order valence-electron chi connectivity index (χ3n) is 7.02. The number of benzene rings is 1. The Bertz CT molecular complexity index is 1250. The number of aliphatic hydroxyl groups is 1. The number of pyridine rings is 1. The molecule has 4 heterocycles. The van der Waals surface area contributed by atoms with Crippen molar-refractivity contribution in [2.75, 3.05) is 19.5 Å². The molecule has 9 heteroatoms. The largest absolute Gasteiger partial charge is 0.470 e. The average molecular weight is 514 g/mol. The Morgan fingerprint density at radius 3 is 2.71 bits per heavy atom. The van der Waals surface area contributed by atoms with E-state index < -0.39 is 6.10 Å². The van der Waals surface area contributed by atoms with Crippen molar-refractivity contribution in [3.63, 3.8) is 0 Å². The average Bonchev–Trinajstić information content (AvgIpc) is 3.56. The van der Waals surface area contributed by atoms with Crippen molar-refractivity contribution in [1.29, 1.82) is 0 Å². The number of ether oxygens (including phenoxy) is 3. The fourth-order valence-corrected chi connectivity index (χ4v) is 6.00. The predicted molar refractivity (Wildman–Crippen MR) is 139 cm³/mol. The maximum Gasteiger partial charge on any atom is 0.193 e. The molecule has 2 saturated heterocycles. The number of fused-ring (bicyclic) bond motifs is 2. The molecule has 184 valence electrons. The van der Waals surface area contributed by atoms with Crippen molar-refractivity contribution in [2.24, 2.45) is 0 Å². The molecule has 7 nitrogen and oxygen atoms in total. The van der Waals surface area contributed by atoms with Crippen LogP contribution >= 0.6 is 23.5 Å². The highest BCUT2D eigenvalue weighted by Gasteiger charge is 2.48. The van der Waals surface area contributed by atoms with Gasteiger partial charge in [0.25, 0.3) is 0 Å². The molecule has 1 aromatic carbocycles. The van der Waals surface area contributed by atoms with Gasteiger partial charge in [-0.2, -0.15) is 0 Å². The SMILES string of the molecule is CSNC1CC=C(c2ccc(-c3nc4cc(O[C@@H]5COC6[C@H](O)CO[C@@H]65)[nH]c4cc3Cl)cc2)CC1. The minimum absolute atomic E-state index is 0.269. The monoisotopic (exact) mass is 513 g/mol. The molecule has 0 amide bonds. The van der Waals surface area contributed by atoms with Crippen LogP contribution in [0.2, 0.25) is 5.02 Å². The summed E-state index contributed by atoms with van der Waals surface area (Å²) >= 11 is 8.32. The van der Waals surface area contributed by atoms with E-state index in [0.717, 1.165) is 41.6 Å². The number of aliphatic hydroxyl groups excluding tert-OH is 1. The quantitative estimate of drug-likeness (QED) is 0.415. The number of aromatic amines is 1. The highest BCUT2D eigenvalue weighted by atomic mass is 35.5. The van der Waals surface area contributed by atoms with Gasteiger partial charge in [0.1, 0.15) is 18.3 Å². The molecular formula is C26H28ClN3O4S. The van der Waals surface area contributed by atoms with Gasteiger partial charge in [-0.25, -0.2) is 4.98 Å². The second-order valence-electron chi connectivity index (χ2n) is 9.30. The highest BCUT2D eigenvalue weighted by molar-refractivity contribution is 7.96. The molecule has 3 aromatic rings. The van der Waals surface area contributed by atoms with Gasteiger partial charge in [-0.05, 0) is 42.7 Å². The van der Waals surface area contributed by atoms with Gasteiger partial charge in [-0.3, -0.25) is 4.72 Å². The lowest BCUT2D eigenvalue weighted by atomic mass is 9.90. The number of nitrogens with one attached hydrogen (secondary N) is 2. The number of hydrogen-bond donors (Lipinski definition) is 3. The van der Waals surface area contributed by atoms with E-state index in [9.17, 15) is 5.11 Å². The van der Waals surface area contributed by atoms with Crippen molar-refractivity contribution in [3.05, 3.63) is 53.1 Å². The molecule has 35 heavy (non-hydrogen) atoms. The Hall–Kier alpha value is -2.07. The molecule has 0 spiro atoms. The van der Waals surface area contributed by atoms with Gasteiger partial charge < -0.3 is 24.3 Å². The maximum atomic E-state index is 9.94. The summed E-state index contributed by atoms with van der Waals surface area (Å²) < 4.78 is 20.9. The Balaban J connectivity index is 1.19. The lowest BCUT2D eigenvalue weighted by Crippen LogP contribution is -2.34. The van der Waals surface area contributed by atoms with Crippen molar-refractivity contribution in [2.45, 2.75) is 49.7 Å². The molecule has 5 atom stereocenters. The summed E-state index contributed by atoms with van der Waals surface area (Å²) in [4.78, 5) is 8.06. The molecule has 0 radical (unpaired) electrons. The van der Waals surface area contributed by atoms with Crippen molar-refractivity contribution < 1.29 is 19.3 Å². The molecule has 2 unspecified atom stereocenters. The fraction of sp³-hybridized carbons (Fsp3) is 0.423. The summed E-state index contributed by atoms with van der Waals surface area (Å²) in [5.41, 5.74) is 5.94. The molecule has 3 aliphatic rings. The fourth-order valence-electron chi connectivity index (χ4n) is 5.19. The molecular weight excluding hydrogens is 486 g/mol. The lowest BCUT2D eigenvalue weighted by Gasteiger charge is -2.22. The summed E-state index contributed by atoms with van der Waals surface area (Å²) in [5.74, 6) is 0.578. The van der Waals surface area contributed by atoms with Gasteiger partial charge in [0.2, 0.25) is 0 Å². The van der Waals surface area contributed by atoms with Crippen molar-refractivity contribution in [3.8, 4) is 17.1 Å². The van der Waals surface area contributed by atoms with Crippen LogP contribution in [-0.2, 0) is 9.47 Å². The standard InChI is InChI=1S/C26H28ClN3O4S/c1-35-30-17-8-6-15(7-9-17)14-2-4-16(5-3-14)24-18(27)10-19-20(29-24)11-23(28-19)34-22-13-33-25-21(31)12-32-26(22)25/h2-6,10-11,17,21-22,25-26,28,30-31H,7-9,12-13H2,1H3/t17?,21-,22-,25?,26-/m1/s1. The third-order valence-corrected chi connectivity index (χ3v) is 7.87. The first-order chi connectivity index (χ1) is 17.1. The third kappa shape index (κ3) is 4.59. The zero-order chi connectivity index (χ0) is 23.9. The molecule has 0 bridgehead atoms.